The molecule has 1 aromatic heterocycles. The van der Waals surface area contributed by atoms with Gasteiger partial charge in [-0.05, 0) is 12.5 Å². The Morgan fingerprint density at radius 1 is 1.69 bits per heavy atom. The molecule has 4 nitrogen and oxygen atoms in total. The maximum Gasteiger partial charge on any atom is 0.228 e. The summed E-state index contributed by atoms with van der Waals surface area (Å²) < 4.78 is 0. The Balaban J connectivity index is 2.55. The number of carbonyl (C=O) groups excluding carboxylic acids is 1. The Morgan fingerprint density at radius 3 is 3.00 bits per heavy atom. The van der Waals surface area contributed by atoms with Crippen molar-refractivity contribution in [1.82, 2.24) is 9.97 Å². The highest BCUT2D eigenvalue weighted by molar-refractivity contribution is 5.91. The first kappa shape index (κ1) is 9.64. The fourth-order valence-corrected chi connectivity index (χ4v) is 0.799. The fourth-order valence-electron chi connectivity index (χ4n) is 0.799. The van der Waals surface area contributed by atoms with Crippen molar-refractivity contribution in [1.29, 1.82) is 0 Å². The van der Waals surface area contributed by atoms with E-state index in [1.807, 2.05) is 13.8 Å². The van der Waals surface area contributed by atoms with Crippen molar-refractivity contribution in [2.45, 2.75) is 20.3 Å². The van der Waals surface area contributed by atoms with E-state index < -0.39 is 0 Å². The smallest absolute Gasteiger partial charge is 0.228 e. The van der Waals surface area contributed by atoms with Gasteiger partial charge in [-0.15, -0.1) is 0 Å². The van der Waals surface area contributed by atoms with Gasteiger partial charge in [-0.1, -0.05) is 13.8 Å². The Labute approximate surface area is 77.4 Å². The van der Waals surface area contributed by atoms with E-state index >= 15 is 0 Å². The number of hydrogen-bond acceptors (Lipinski definition) is 3. The van der Waals surface area contributed by atoms with E-state index in [1.54, 1.807) is 12.3 Å². The van der Waals surface area contributed by atoms with E-state index in [9.17, 15) is 4.79 Å². The Hall–Kier alpha value is -1.45. The molecule has 0 aliphatic rings. The van der Waals surface area contributed by atoms with Crippen molar-refractivity contribution >= 4 is 11.7 Å². The van der Waals surface area contributed by atoms with Gasteiger partial charge < -0.3 is 5.32 Å². The molecule has 70 valence electrons. The SMILES string of the molecule is CCC(C)C(=O)Nc1ccncn1. The van der Waals surface area contributed by atoms with Gasteiger partial charge in [0.05, 0.1) is 0 Å². The lowest BCUT2D eigenvalue weighted by Crippen LogP contribution is -2.20. The van der Waals surface area contributed by atoms with Crippen LogP contribution in [0.5, 0.6) is 0 Å². The molecule has 1 amide bonds. The molecule has 0 fully saturated rings. The molecule has 0 aromatic carbocycles. The van der Waals surface area contributed by atoms with Crippen molar-refractivity contribution in [3.8, 4) is 0 Å². The zero-order valence-electron chi connectivity index (χ0n) is 7.82. The van der Waals surface area contributed by atoms with Crippen molar-refractivity contribution in [3.05, 3.63) is 18.6 Å². The van der Waals surface area contributed by atoms with Crippen LogP contribution in [0, 0.1) is 5.92 Å². The lowest BCUT2D eigenvalue weighted by molar-refractivity contribution is -0.119. The lowest BCUT2D eigenvalue weighted by Gasteiger charge is -2.08. The molecule has 1 heterocycles. The number of hydrogen-bond donors (Lipinski definition) is 1. The number of carbonyl (C=O) groups is 1. The van der Waals surface area contributed by atoms with E-state index in [0.717, 1.165) is 6.42 Å². The minimum atomic E-state index is 0.00111. The van der Waals surface area contributed by atoms with Gasteiger partial charge in [0.2, 0.25) is 5.91 Å². The normalized spacial score (nSPS) is 12.2. The second-order valence-corrected chi connectivity index (χ2v) is 2.89. The molecule has 0 aliphatic carbocycles. The molecule has 0 spiro atoms. The summed E-state index contributed by atoms with van der Waals surface area (Å²) in [5, 5.41) is 2.70. The lowest BCUT2D eigenvalue weighted by atomic mass is 10.1. The van der Waals surface area contributed by atoms with Gasteiger partial charge in [-0.25, -0.2) is 9.97 Å². The zero-order valence-corrected chi connectivity index (χ0v) is 7.82. The van der Waals surface area contributed by atoms with E-state index in [1.165, 1.54) is 6.33 Å². The molecule has 1 atom stereocenters. The predicted molar refractivity (Wildman–Crippen MR) is 50.1 cm³/mol. The van der Waals surface area contributed by atoms with Crippen LogP contribution in [-0.4, -0.2) is 15.9 Å². The third-order valence-electron chi connectivity index (χ3n) is 1.89. The molecule has 4 heteroatoms. The van der Waals surface area contributed by atoms with Crippen molar-refractivity contribution in [3.63, 3.8) is 0 Å². The summed E-state index contributed by atoms with van der Waals surface area (Å²) in [4.78, 5) is 19.0. The highest BCUT2D eigenvalue weighted by Gasteiger charge is 2.10. The molecule has 0 saturated heterocycles. The van der Waals surface area contributed by atoms with Crippen LogP contribution in [0.1, 0.15) is 20.3 Å². The predicted octanol–water partition coefficient (Wildman–Crippen LogP) is 1.46. The molecular weight excluding hydrogens is 166 g/mol. The van der Waals surface area contributed by atoms with Crippen molar-refractivity contribution < 1.29 is 4.79 Å². The molecule has 0 radical (unpaired) electrons. The van der Waals surface area contributed by atoms with Crippen LogP contribution in [0.4, 0.5) is 5.82 Å². The quantitative estimate of drug-likeness (QED) is 0.764. The van der Waals surface area contributed by atoms with Crippen LogP contribution in [0.2, 0.25) is 0 Å². The summed E-state index contributed by atoms with van der Waals surface area (Å²) in [5.74, 6) is 0.580. The second-order valence-electron chi connectivity index (χ2n) is 2.89. The van der Waals surface area contributed by atoms with Crippen LogP contribution in [0.3, 0.4) is 0 Å². The van der Waals surface area contributed by atoms with Crippen LogP contribution < -0.4 is 5.32 Å². The van der Waals surface area contributed by atoms with Crippen molar-refractivity contribution in [2.24, 2.45) is 5.92 Å². The topological polar surface area (TPSA) is 54.9 Å². The van der Waals surface area contributed by atoms with Gasteiger partial charge in [-0.2, -0.15) is 0 Å². The minimum absolute atomic E-state index is 0.00111. The van der Waals surface area contributed by atoms with Gasteiger partial charge >= 0.3 is 0 Å². The molecule has 1 rings (SSSR count). The van der Waals surface area contributed by atoms with Crippen molar-refractivity contribution in [2.75, 3.05) is 5.32 Å². The van der Waals surface area contributed by atoms with Gasteiger partial charge in [-0.3, -0.25) is 4.79 Å². The van der Waals surface area contributed by atoms with Gasteiger partial charge in [0.15, 0.2) is 0 Å². The molecule has 1 unspecified atom stereocenters. The van der Waals surface area contributed by atoms with Crippen LogP contribution in [-0.2, 0) is 4.79 Å². The molecular formula is C9H13N3O. The van der Waals surface area contributed by atoms with Gasteiger partial charge in [0.1, 0.15) is 12.1 Å². The summed E-state index contributed by atoms with van der Waals surface area (Å²) in [6.45, 7) is 3.86. The van der Waals surface area contributed by atoms with Crippen LogP contribution in [0.25, 0.3) is 0 Å². The zero-order chi connectivity index (χ0) is 9.68. The third kappa shape index (κ3) is 2.82. The van der Waals surface area contributed by atoms with E-state index in [4.69, 9.17) is 0 Å². The molecule has 1 N–H and O–H groups in total. The summed E-state index contributed by atoms with van der Waals surface area (Å²) in [6.07, 6.45) is 3.84. The summed E-state index contributed by atoms with van der Waals surface area (Å²) >= 11 is 0. The number of rotatable bonds is 3. The van der Waals surface area contributed by atoms with Gasteiger partial charge in [0.25, 0.3) is 0 Å². The molecule has 1 aromatic rings. The maximum absolute atomic E-state index is 11.4. The first-order valence-electron chi connectivity index (χ1n) is 4.31. The number of aromatic nitrogens is 2. The standard InChI is InChI=1S/C9H13N3O/c1-3-7(2)9(13)12-8-4-5-10-6-11-8/h4-7H,3H2,1-2H3,(H,10,11,12,13). The summed E-state index contributed by atoms with van der Waals surface area (Å²) in [7, 11) is 0. The highest BCUT2D eigenvalue weighted by Crippen LogP contribution is 2.05. The van der Waals surface area contributed by atoms with E-state index in [0.29, 0.717) is 5.82 Å². The fraction of sp³-hybridized carbons (Fsp3) is 0.444. The molecule has 0 saturated carbocycles. The van der Waals surface area contributed by atoms with Crippen LogP contribution >= 0.6 is 0 Å². The monoisotopic (exact) mass is 179 g/mol. The first-order valence-corrected chi connectivity index (χ1v) is 4.31. The maximum atomic E-state index is 11.4. The first-order chi connectivity index (χ1) is 6.24. The average molecular weight is 179 g/mol. The number of anilines is 1. The number of nitrogens with zero attached hydrogens (tertiary/aromatic N) is 2. The molecule has 0 bridgehead atoms. The van der Waals surface area contributed by atoms with Crippen LogP contribution in [0.15, 0.2) is 18.6 Å². The average Bonchev–Trinajstić information content (AvgIpc) is 2.18. The Bertz CT molecular complexity index is 273. The Morgan fingerprint density at radius 2 is 2.46 bits per heavy atom. The molecule has 0 aliphatic heterocycles. The van der Waals surface area contributed by atoms with Gasteiger partial charge in [0, 0.05) is 12.1 Å². The molecule has 13 heavy (non-hydrogen) atoms. The number of amides is 1. The second kappa shape index (κ2) is 4.54. The Kier molecular flexibility index (Phi) is 3.37. The van der Waals surface area contributed by atoms with E-state index in [2.05, 4.69) is 15.3 Å². The van der Waals surface area contributed by atoms with E-state index in [-0.39, 0.29) is 11.8 Å². The highest BCUT2D eigenvalue weighted by atomic mass is 16.1. The summed E-state index contributed by atoms with van der Waals surface area (Å²) in [6, 6.07) is 1.67. The third-order valence-corrected chi connectivity index (χ3v) is 1.89. The summed E-state index contributed by atoms with van der Waals surface area (Å²) in [5.41, 5.74) is 0. The largest absolute Gasteiger partial charge is 0.310 e. The number of nitrogens with one attached hydrogen (secondary N) is 1. The minimum Gasteiger partial charge on any atom is -0.310 e.